The van der Waals surface area contributed by atoms with Gasteiger partial charge in [0.15, 0.2) is 0 Å². The van der Waals surface area contributed by atoms with Crippen molar-refractivity contribution in [3.63, 3.8) is 0 Å². The molecule has 1 unspecified atom stereocenters. The Hall–Kier alpha value is -3.46. The molecule has 0 saturated carbocycles. The summed E-state index contributed by atoms with van der Waals surface area (Å²) >= 11 is 0. The minimum absolute atomic E-state index is 0.0437. The van der Waals surface area contributed by atoms with Gasteiger partial charge in [0, 0.05) is 42.7 Å². The maximum Gasteiger partial charge on any atom is 0.245 e. The molecule has 1 atom stereocenters. The Labute approximate surface area is 145 Å². The van der Waals surface area contributed by atoms with Crippen molar-refractivity contribution in [1.82, 2.24) is 0 Å². The van der Waals surface area contributed by atoms with Gasteiger partial charge in [-0.2, -0.15) is 5.26 Å². The van der Waals surface area contributed by atoms with Crippen LogP contribution < -0.4 is 20.7 Å². The van der Waals surface area contributed by atoms with Crippen LogP contribution in [0, 0.1) is 11.3 Å². The van der Waals surface area contributed by atoms with E-state index >= 15 is 0 Å². The Morgan fingerprint density at radius 3 is 2.68 bits per heavy atom. The molecule has 0 aromatic heterocycles. The van der Waals surface area contributed by atoms with Crippen LogP contribution in [-0.2, 0) is 10.2 Å². The summed E-state index contributed by atoms with van der Waals surface area (Å²) in [5.74, 6) is 0.141. The van der Waals surface area contributed by atoms with Crippen LogP contribution in [0.5, 0.6) is 5.75 Å². The number of hydrogen-bond donors (Lipinski definition) is 2. The Kier molecular flexibility index (Phi) is 3.03. The van der Waals surface area contributed by atoms with Crippen molar-refractivity contribution in [3.8, 4) is 11.8 Å². The summed E-state index contributed by atoms with van der Waals surface area (Å²) in [7, 11) is 3.83. The average molecular weight is 332 g/mol. The van der Waals surface area contributed by atoms with Gasteiger partial charge in [-0.25, -0.2) is 0 Å². The number of nitrogens with zero attached hydrogens (tertiary/aromatic N) is 2. The zero-order valence-electron chi connectivity index (χ0n) is 13.8. The minimum atomic E-state index is -1.28. The topological polar surface area (TPSA) is 91.4 Å². The molecule has 1 spiro atoms. The second-order valence-corrected chi connectivity index (χ2v) is 6.28. The lowest BCUT2D eigenvalue weighted by Gasteiger charge is -2.34. The van der Waals surface area contributed by atoms with Gasteiger partial charge in [0.25, 0.3) is 0 Å². The van der Waals surface area contributed by atoms with Crippen molar-refractivity contribution >= 4 is 17.3 Å². The number of anilines is 2. The molecule has 0 fully saturated rings. The Bertz CT molecular complexity index is 987. The zero-order chi connectivity index (χ0) is 17.8. The molecule has 6 heteroatoms. The monoisotopic (exact) mass is 332 g/mol. The first kappa shape index (κ1) is 15.1. The van der Waals surface area contributed by atoms with Gasteiger partial charge in [0.05, 0.1) is 0 Å². The minimum Gasteiger partial charge on any atom is -0.440 e. The van der Waals surface area contributed by atoms with E-state index in [-0.39, 0.29) is 17.4 Å². The summed E-state index contributed by atoms with van der Waals surface area (Å²) in [4.78, 5) is 15.0. The van der Waals surface area contributed by atoms with Crippen molar-refractivity contribution in [3.05, 3.63) is 65.0 Å². The summed E-state index contributed by atoms with van der Waals surface area (Å²) in [6, 6.07) is 15.0. The molecule has 6 nitrogen and oxygen atoms in total. The Morgan fingerprint density at radius 2 is 1.96 bits per heavy atom. The number of fused-ring (bicyclic) bond motifs is 4. The van der Waals surface area contributed by atoms with Crippen LogP contribution in [-0.4, -0.2) is 20.0 Å². The molecule has 2 aromatic carbocycles. The number of para-hydroxylation sites is 1. The van der Waals surface area contributed by atoms with E-state index in [9.17, 15) is 10.1 Å². The van der Waals surface area contributed by atoms with Gasteiger partial charge >= 0.3 is 0 Å². The molecule has 124 valence electrons. The van der Waals surface area contributed by atoms with Gasteiger partial charge in [0.2, 0.25) is 11.8 Å². The van der Waals surface area contributed by atoms with Crippen LogP contribution in [0.3, 0.4) is 0 Å². The number of benzene rings is 2. The van der Waals surface area contributed by atoms with Crippen LogP contribution in [0.4, 0.5) is 11.4 Å². The second-order valence-electron chi connectivity index (χ2n) is 6.28. The van der Waals surface area contributed by atoms with Gasteiger partial charge in [-0.05, 0) is 12.1 Å². The van der Waals surface area contributed by atoms with E-state index in [0.29, 0.717) is 22.6 Å². The predicted octanol–water partition coefficient (Wildman–Crippen LogP) is 2.08. The number of carbonyl (C=O) groups is 1. The quantitative estimate of drug-likeness (QED) is 0.834. The van der Waals surface area contributed by atoms with Crippen LogP contribution in [0.2, 0.25) is 0 Å². The lowest BCUT2D eigenvalue weighted by atomic mass is 9.69. The van der Waals surface area contributed by atoms with Crippen molar-refractivity contribution in [2.75, 3.05) is 24.3 Å². The number of nitriles is 1. The average Bonchev–Trinajstić information content (AvgIpc) is 2.88. The fraction of sp³-hybridized carbons (Fsp3) is 0.158. The SMILES string of the molecule is CN(C)c1ccc2c(c1)OC(N)=C(C#N)C21C(=O)Nc2ccccc21. The van der Waals surface area contributed by atoms with Crippen molar-refractivity contribution in [2.24, 2.45) is 5.73 Å². The van der Waals surface area contributed by atoms with E-state index in [2.05, 4.69) is 11.4 Å². The van der Waals surface area contributed by atoms with E-state index in [1.54, 1.807) is 0 Å². The fourth-order valence-electron chi connectivity index (χ4n) is 3.58. The Balaban J connectivity index is 2.09. The van der Waals surface area contributed by atoms with Crippen LogP contribution in [0.1, 0.15) is 11.1 Å². The van der Waals surface area contributed by atoms with E-state index < -0.39 is 5.41 Å². The number of carbonyl (C=O) groups excluding carboxylic acids is 1. The number of nitrogens with one attached hydrogen (secondary N) is 1. The first-order valence-corrected chi connectivity index (χ1v) is 7.81. The number of rotatable bonds is 1. The zero-order valence-corrected chi connectivity index (χ0v) is 13.8. The normalized spacial score (nSPS) is 20.4. The van der Waals surface area contributed by atoms with Gasteiger partial charge in [0.1, 0.15) is 22.8 Å². The number of ether oxygens (including phenoxy) is 1. The molecule has 2 aromatic rings. The molecule has 0 aliphatic carbocycles. The highest BCUT2D eigenvalue weighted by Crippen LogP contribution is 2.53. The highest BCUT2D eigenvalue weighted by atomic mass is 16.5. The van der Waals surface area contributed by atoms with Crippen molar-refractivity contribution < 1.29 is 9.53 Å². The third-order valence-electron chi connectivity index (χ3n) is 4.76. The standard InChI is InChI=1S/C19H16N4O2/c1-23(2)11-7-8-13-16(9-11)25-17(21)14(10-20)19(13)12-5-3-4-6-15(12)22-18(19)24/h3-9H,21H2,1-2H3,(H,22,24). The van der Waals surface area contributed by atoms with Crippen molar-refractivity contribution in [1.29, 1.82) is 5.26 Å². The second kappa shape index (κ2) is 5.02. The van der Waals surface area contributed by atoms with Crippen LogP contribution >= 0.6 is 0 Å². The summed E-state index contributed by atoms with van der Waals surface area (Å²) in [5, 5.41) is 12.6. The summed E-state index contributed by atoms with van der Waals surface area (Å²) in [6.45, 7) is 0. The molecule has 2 aliphatic rings. The highest BCUT2D eigenvalue weighted by Gasteiger charge is 2.56. The molecule has 25 heavy (non-hydrogen) atoms. The maximum atomic E-state index is 13.1. The molecule has 4 rings (SSSR count). The van der Waals surface area contributed by atoms with E-state index in [0.717, 1.165) is 5.69 Å². The predicted molar refractivity (Wildman–Crippen MR) is 94.1 cm³/mol. The van der Waals surface area contributed by atoms with E-state index in [4.69, 9.17) is 10.5 Å². The van der Waals surface area contributed by atoms with E-state index in [1.165, 1.54) is 0 Å². The van der Waals surface area contributed by atoms with E-state index in [1.807, 2.05) is 61.5 Å². The third kappa shape index (κ3) is 1.81. The maximum absolute atomic E-state index is 13.1. The molecular formula is C19H16N4O2. The summed E-state index contributed by atoms with van der Waals surface area (Å²) in [6.07, 6.45) is 0. The number of nitrogens with two attached hydrogens (primary N) is 1. The highest BCUT2D eigenvalue weighted by molar-refractivity contribution is 6.12. The summed E-state index contributed by atoms with van der Waals surface area (Å²) in [5.41, 5.74) is 7.79. The van der Waals surface area contributed by atoms with Crippen LogP contribution in [0.25, 0.3) is 0 Å². The van der Waals surface area contributed by atoms with Gasteiger partial charge in [-0.15, -0.1) is 0 Å². The molecule has 1 amide bonds. The largest absolute Gasteiger partial charge is 0.440 e. The molecule has 0 saturated heterocycles. The fourth-order valence-corrected chi connectivity index (χ4v) is 3.58. The molecule has 3 N–H and O–H groups in total. The first-order valence-electron chi connectivity index (χ1n) is 7.81. The third-order valence-corrected chi connectivity index (χ3v) is 4.76. The Morgan fingerprint density at radius 1 is 1.20 bits per heavy atom. The molecule has 0 radical (unpaired) electrons. The molecule has 2 heterocycles. The van der Waals surface area contributed by atoms with Gasteiger partial charge in [-0.1, -0.05) is 24.3 Å². The number of hydrogen-bond acceptors (Lipinski definition) is 5. The number of amides is 1. The molecule has 0 bridgehead atoms. The molecular weight excluding hydrogens is 316 g/mol. The van der Waals surface area contributed by atoms with Crippen LogP contribution in [0.15, 0.2) is 53.9 Å². The van der Waals surface area contributed by atoms with Gasteiger partial charge < -0.3 is 20.7 Å². The lowest BCUT2D eigenvalue weighted by molar-refractivity contribution is -0.118. The van der Waals surface area contributed by atoms with Gasteiger partial charge in [-0.3, -0.25) is 4.79 Å². The van der Waals surface area contributed by atoms with Crippen molar-refractivity contribution in [2.45, 2.75) is 5.41 Å². The summed E-state index contributed by atoms with van der Waals surface area (Å²) < 4.78 is 5.70. The first-order chi connectivity index (χ1) is 12.0. The molecule has 2 aliphatic heterocycles. The lowest BCUT2D eigenvalue weighted by Crippen LogP contribution is -2.42. The smallest absolute Gasteiger partial charge is 0.245 e.